The maximum atomic E-state index is 17.2. The number of benzene rings is 7. The second kappa shape index (κ2) is 15.0. The average Bonchev–Trinajstić information content (AvgIpc) is 3.98. The van der Waals surface area contributed by atoms with Crippen LogP contribution in [0.2, 0.25) is 18.6 Å². The first-order valence-electron chi connectivity index (χ1n) is 23.0. The van der Waals surface area contributed by atoms with Gasteiger partial charge in [-0.1, -0.05) is 91.9 Å². The number of fused-ring (bicyclic) bond motifs is 3. The van der Waals surface area contributed by atoms with Crippen molar-refractivity contribution in [2.75, 3.05) is 21.3 Å². The van der Waals surface area contributed by atoms with E-state index in [4.69, 9.17) is 4.74 Å². The lowest BCUT2D eigenvalue weighted by molar-refractivity contribution is -0.151. The lowest BCUT2D eigenvalue weighted by atomic mass is 9.82. The number of rotatable bonds is 8. The maximum Gasteiger partial charge on any atom is 0.264 e. The molecule has 5 heterocycles. The van der Waals surface area contributed by atoms with E-state index in [0.29, 0.717) is 46.7 Å². The topological polar surface area (TPSA) is 111 Å². The van der Waals surface area contributed by atoms with Gasteiger partial charge < -0.3 is 23.8 Å². The van der Waals surface area contributed by atoms with E-state index in [1.807, 2.05) is 146 Å². The Labute approximate surface area is 388 Å². The molecule has 7 aromatic rings. The Bertz CT molecular complexity index is 3290. The number of aliphatic hydroxyl groups excluding tert-OH is 1. The number of halogens is 1. The zero-order valence-electron chi connectivity index (χ0n) is 37.3. The van der Waals surface area contributed by atoms with Gasteiger partial charge in [-0.25, -0.2) is 0 Å². The molecule has 10 nitrogen and oxygen atoms in total. The van der Waals surface area contributed by atoms with Crippen LogP contribution in [0.1, 0.15) is 56.3 Å². The first-order valence-corrected chi connectivity index (χ1v) is 25.9. The van der Waals surface area contributed by atoms with Crippen molar-refractivity contribution in [3.05, 3.63) is 173 Å². The van der Waals surface area contributed by atoms with Crippen molar-refractivity contribution in [3.8, 4) is 0 Å². The van der Waals surface area contributed by atoms with Gasteiger partial charge in [0, 0.05) is 45.7 Å². The van der Waals surface area contributed by atoms with Crippen LogP contribution in [0, 0.1) is 5.92 Å². The van der Waals surface area contributed by atoms with Gasteiger partial charge in [-0.2, -0.15) is 0 Å². The highest BCUT2D eigenvalue weighted by molar-refractivity contribution is 6.72. The quantitative estimate of drug-likeness (QED) is 0.120. The van der Waals surface area contributed by atoms with Crippen molar-refractivity contribution in [3.63, 3.8) is 0 Å². The molecule has 7 aromatic carbocycles. The van der Waals surface area contributed by atoms with Gasteiger partial charge in [-0.05, 0) is 102 Å². The van der Waals surface area contributed by atoms with E-state index in [2.05, 4.69) is 0 Å². The van der Waals surface area contributed by atoms with Gasteiger partial charge in [-0.3, -0.25) is 29.0 Å². The molecule has 1 spiro atoms. The third-order valence-corrected chi connectivity index (χ3v) is 17.5. The fourth-order valence-electron chi connectivity index (χ4n) is 12.2. The molecule has 0 saturated carbocycles. The summed E-state index contributed by atoms with van der Waals surface area (Å²) >= 11 is 0. The summed E-state index contributed by atoms with van der Waals surface area (Å²) < 4.78 is 24.3. The monoisotopic (exact) mass is 906 g/mol. The number of anilines is 5. The summed E-state index contributed by atoms with van der Waals surface area (Å²) in [5.74, 6) is -1.72. The smallest absolute Gasteiger partial charge is 0.264 e. The van der Waals surface area contributed by atoms with Gasteiger partial charge in [0.05, 0.1) is 59.9 Å². The first-order chi connectivity index (χ1) is 32.4. The summed E-state index contributed by atoms with van der Waals surface area (Å²) in [4.78, 5) is 65.4. The molecule has 1 N–H and O–H groups in total. The molecule has 5 aliphatic rings. The van der Waals surface area contributed by atoms with Crippen molar-refractivity contribution in [2.24, 2.45) is 5.92 Å². The van der Waals surface area contributed by atoms with Gasteiger partial charge in [0.1, 0.15) is 0 Å². The predicted molar refractivity (Wildman–Crippen MR) is 259 cm³/mol. The molecule has 5 atom stereocenters. The molecule has 0 bridgehead atoms. The highest BCUT2D eigenvalue weighted by Gasteiger charge is 2.67. The number of amides is 4. The van der Waals surface area contributed by atoms with Gasteiger partial charge >= 0.3 is 0 Å². The number of ether oxygens (including phenoxy) is 1. The van der Waals surface area contributed by atoms with E-state index >= 15 is 8.90 Å². The minimum absolute atomic E-state index is 0.0967. The number of hydrogen-bond donors (Lipinski definition) is 1. The lowest BCUT2D eigenvalue weighted by Crippen LogP contribution is -2.48. The van der Waals surface area contributed by atoms with E-state index in [-0.39, 0.29) is 43.2 Å². The van der Waals surface area contributed by atoms with Crippen LogP contribution in [-0.2, 0) is 39.4 Å². The van der Waals surface area contributed by atoms with Crippen LogP contribution >= 0.6 is 0 Å². The molecule has 0 unspecified atom stereocenters. The van der Waals surface area contributed by atoms with Crippen LogP contribution in [0.4, 0.5) is 32.5 Å². The molecular weight excluding hydrogens is 860 g/mol. The van der Waals surface area contributed by atoms with E-state index in [1.54, 1.807) is 32.7 Å². The van der Waals surface area contributed by atoms with E-state index in [0.717, 1.165) is 49.6 Å². The van der Waals surface area contributed by atoms with Crippen molar-refractivity contribution in [1.82, 2.24) is 4.90 Å². The summed E-state index contributed by atoms with van der Waals surface area (Å²) in [5.41, 5.74) is 5.28. The number of carbonyl (C=O) groups excluding carboxylic acids is 4. The lowest BCUT2D eigenvalue weighted by Gasteiger charge is -2.37. The van der Waals surface area contributed by atoms with Crippen molar-refractivity contribution >= 4 is 82.0 Å². The summed E-state index contributed by atoms with van der Waals surface area (Å²) in [6.45, 7) is 5.26. The average molecular weight is 907 g/mol. The van der Waals surface area contributed by atoms with Crippen LogP contribution in [0.5, 0.6) is 0 Å². The van der Waals surface area contributed by atoms with Crippen molar-refractivity contribution in [2.45, 2.75) is 69.2 Å². The summed E-state index contributed by atoms with van der Waals surface area (Å²) in [5, 5.41) is 14.2. The van der Waals surface area contributed by atoms with Crippen LogP contribution < -0.4 is 14.7 Å². The standard InChI is InChI=1S/C55H47FN4O6Si/c1-32-51(67(2,3)56)47(28-48(62)57-30-37-13-5-4-12-36(37)26-40(57)31-61)66-55(32)43-27-39(60-46-22-10-17-35-15-8-20-42(50(35)46)53(60)64)23-24-44(43)58(54(55)65)29-33-11-6-18-38(25-33)59-45-21-9-16-34-14-7-19-41(49(34)45)52(59)63/h4-25,27,32,40,47,51,61H,26,28-31H2,1-3H3/t32-,40+,47+,51-,55+/m1/s1. The molecule has 67 heavy (non-hydrogen) atoms. The third kappa shape index (κ3) is 6.05. The molecule has 0 aromatic heterocycles. The minimum atomic E-state index is -3.71. The largest absolute Gasteiger partial charge is 0.394 e. The first kappa shape index (κ1) is 41.4. The van der Waals surface area contributed by atoms with E-state index < -0.39 is 37.6 Å². The summed E-state index contributed by atoms with van der Waals surface area (Å²) in [6, 6.07) is 43.6. The van der Waals surface area contributed by atoms with Gasteiger partial charge in [0.2, 0.25) is 14.3 Å². The number of carbonyl (C=O) groups is 4. The minimum Gasteiger partial charge on any atom is -0.394 e. The van der Waals surface area contributed by atoms with Crippen LogP contribution in [0.15, 0.2) is 140 Å². The highest BCUT2D eigenvalue weighted by atomic mass is 28.4. The molecule has 1 saturated heterocycles. The molecule has 12 rings (SSSR count). The molecule has 5 aliphatic heterocycles. The van der Waals surface area contributed by atoms with E-state index in [9.17, 15) is 19.5 Å². The predicted octanol–water partition coefficient (Wildman–Crippen LogP) is 10.2. The Balaban J connectivity index is 0.950. The third-order valence-electron chi connectivity index (χ3n) is 15.1. The zero-order chi connectivity index (χ0) is 46.1. The van der Waals surface area contributed by atoms with Crippen LogP contribution in [0.25, 0.3) is 21.5 Å². The molecular formula is C55H47FN4O6Si. The normalized spacial score (nSPS) is 22.8. The van der Waals surface area contributed by atoms with E-state index in [1.165, 1.54) is 0 Å². The summed E-state index contributed by atoms with van der Waals surface area (Å²) in [6.07, 6.45) is -0.657. The second-order valence-corrected chi connectivity index (χ2v) is 23.0. The fourth-order valence-corrected chi connectivity index (χ4v) is 14.7. The molecule has 0 aliphatic carbocycles. The second-order valence-electron chi connectivity index (χ2n) is 19.2. The van der Waals surface area contributed by atoms with Gasteiger partial charge in [0.25, 0.3) is 17.7 Å². The Hall–Kier alpha value is -6.99. The zero-order valence-corrected chi connectivity index (χ0v) is 38.3. The van der Waals surface area contributed by atoms with Crippen LogP contribution in [0.3, 0.4) is 0 Å². The Kier molecular flexibility index (Phi) is 9.28. The molecule has 0 radical (unpaired) electrons. The number of hydrogen-bond acceptors (Lipinski definition) is 6. The Morgan fingerprint density at radius 2 is 1.33 bits per heavy atom. The molecule has 334 valence electrons. The van der Waals surface area contributed by atoms with Gasteiger partial charge in [0.15, 0.2) is 5.60 Å². The molecule has 1 fully saturated rings. The fraction of sp³-hybridized carbons (Fsp3) is 0.236. The Morgan fingerprint density at radius 3 is 1.96 bits per heavy atom. The van der Waals surface area contributed by atoms with Crippen molar-refractivity contribution < 1.29 is 33.1 Å². The number of nitrogens with zero attached hydrogens (tertiary/aromatic N) is 4. The Morgan fingerprint density at radius 1 is 0.731 bits per heavy atom. The van der Waals surface area contributed by atoms with Crippen molar-refractivity contribution in [1.29, 1.82) is 0 Å². The maximum absolute atomic E-state index is 17.2. The summed E-state index contributed by atoms with van der Waals surface area (Å²) in [7, 11) is -3.71. The molecule has 4 amide bonds. The van der Waals surface area contributed by atoms with Gasteiger partial charge in [-0.15, -0.1) is 0 Å². The van der Waals surface area contributed by atoms with Crippen LogP contribution in [-0.4, -0.2) is 60.8 Å². The number of aliphatic hydroxyl groups is 1. The highest BCUT2D eigenvalue weighted by Crippen LogP contribution is 2.61. The molecule has 12 heteroatoms. The SMILES string of the molecule is C[C@@H]1[C@@H]([Si](C)(C)F)[C@H](CC(=O)N2Cc3ccccc3C[C@H]2CO)O[C@@]12C(=O)N(Cc1cccc(N3C(=O)c4cccc5cccc3c45)c1)c1ccc(N3C(=O)c4cccc5cccc3c45)cc12.